The number of nitrogens with zero attached hydrogens (tertiary/aromatic N) is 1. The van der Waals surface area contributed by atoms with Gasteiger partial charge in [0.2, 0.25) is 5.91 Å². The van der Waals surface area contributed by atoms with E-state index >= 15 is 0 Å². The van der Waals surface area contributed by atoms with Gasteiger partial charge in [-0.25, -0.2) is 4.98 Å². The summed E-state index contributed by atoms with van der Waals surface area (Å²) in [4.78, 5) is 32.7. The van der Waals surface area contributed by atoms with E-state index in [4.69, 9.17) is 11.6 Å². The largest absolute Gasteiger partial charge is 0.353 e. The van der Waals surface area contributed by atoms with Gasteiger partial charge in [-0.3, -0.25) is 9.59 Å². The highest BCUT2D eigenvalue weighted by molar-refractivity contribution is 7.17. The van der Waals surface area contributed by atoms with Crippen LogP contribution in [0.15, 0.2) is 34.4 Å². The summed E-state index contributed by atoms with van der Waals surface area (Å²) < 4.78 is 0. The molecule has 2 aromatic heterocycles. The van der Waals surface area contributed by atoms with E-state index in [1.54, 1.807) is 6.07 Å². The van der Waals surface area contributed by atoms with Gasteiger partial charge >= 0.3 is 0 Å². The van der Waals surface area contributed by atoms with E-state index in [2.05, 4.69) is 15.3 Å². The molecule has 5 nitrogen and oxygen atoms in total. The summed E-state index contributed by atoms with van der Waals surface area (Å²) in [6.45, 7) is 0. The number of halogens is 1. The highest BCUT2D eigenvalue weighted by Crippen LogP contribution is 2.34. The number of carbonyl (C=O) groups is 1. The smallest absolute Gasteiger partial charge is 0.260 e. The van der Waals surface area contributed by atoms with Crippen LogP contribution in [0.2, 0.25) is 5.02 Å². The molecule has 0 atom stereocenters. The molecule has 1 amide bonds. The van der Waals surface area contributed by atoms with E-state index in [1.807, 2.05) is 23.6 Å². The maximum Gasteiger partial charge on any atom is 0.260 e. The van der Waals surface area contributed by atoms with E-state index in [-0.39, 0.29) is 23.9 Å². The number of thiophene rings is 1. The van der Waals surface area contributed by atoms with Gasteiger partial charge in [0, 0.05) is 27.6 Å². The lowest BCUT2D eigenvalue weighted by Gasteiger charge is -2.11. The summed E-state index contributed by atoms with van der Waals surface area (Å²) in [5.74, 6) is 0.299. The Kier molecular flexibility index (Phi) is 4.78. The lowest BCUT2D eigenvalue weighted by Crippen LogP contribution is -2.34. The van der Waals surface area contributed by atoms with Gasteiger partial charge in [0.1, 0.15) is 10.7 Å². The minimum absolute atomic E-state index is 0.0843. The third kappa shape index (κ3) is 3.39. The van der Waals surface area contributed by atoms with Crippen LogP contribution in [0.3, 0.4) is 0 Å². The lowest BCUT2D eigenvalue weighted by atomic mass is 10.1. The Morgan fingerprint density at radius 3 is 2.81 bits per heavy atom. The van der Waals surface area contributed by atoms with Gasteiger partial charge < -0.3 is 10.3 Å². The highest BCUT2D eigenvalue weighted by atomic mass is 35.5. The molecule has 1 saturated carbocycles. The van der Waals surface area contributed by atoms with Crippen molar-refractivity contribution >= 4 is 39.1 Å². The molecule has 1 aromatic carbocycles. The summed E-state index contributed by atoms with van der Waals surface area (Å²) in [5.41, 5.74) is 1.33. The summed E-state index contributed by atoms with van der Waals surface area (Å²) in [6.07, 6.45) is 4.46. The van der Waals surface area contributed by atoms with Gasteiger partial charge in [-0.2, -0.15) is 0 Å². The van der Waals surface area contributed by atoms with E-state index in [0.717, 1.165) is 36.8 Å². The molecule has 0 saturated heterocycles. The molecule has 26 heavy (non-hydrogen) atoms. The minimum atomic E-state index is -0.241. The molecule has 4 rings (SSSR count). The molecule has 7 heteroatoms. The quantitative estimate of drug-likeness (QED) is 0.712. The number of amides is 1. The van der Waals surface area contributed by atoms with Gasteiger partial charge in [-0.1, -0.05) is 42.6 Å². The van der Waals surface area contributed by atoms with Crippen LogP contribution in [-0.4, -0.2) is 21.9 Å². The van der Waals surface area contributed by atoms with Crippen LogP contribution in [0, 0.1) is 0 Å². The van der Waals surface area contributed by atoms with Crippen molar-refractivity contribution in [2.75, 3.05) is 0 Å². The molecule has 0 bridgehead atoms. The number of aromatic amines is 1. The highest BCUT2D eigenvalue weighted by Gasteiger charge is 2.19. The van der Waals surface area contributed by atoms with Gasteiger partial charge in [0.05, 0.1) is 11.8 Å². The molecule has 0 spiro atoms. The number of nitrogens with one attached hydrogen (secondary N) is 2. The van der Waals surface area contributed by atoms with Crippen molar-refractivity contribution < 1.29 is 4.79 Å². The Hall–Kier alpha value is -2.18. The molecule has 0 radical (unpaired) electrons. The number of hydrogen-bond acceptors (Lipinski definition) is 4. The molecule has 2 heterocycles. The van der Waals surface area contributed by atoms with Crippen LogP contribution in [0.4, 0.5) is 0 Å². The number of rotatable bonds is 4. The van der Waals surface area contributed by atoms with Gasteiger partial charge in [0.25, 0.3) is 5.56 Å². The van der Waals surface area contributed by atoms with Crippen molar-refractivity contribution in [3.8, 4) is 11.1 Å². The van der Waals surface area contributed by atoms with Crippen molar-refractivity contribution in [2.45, 2.75) is 38.1 Å². The Balaban J connectivity index is 1.63. The molecule has 1 aliphatic rings. The van der Waals surface area contributed by atoms with E-state index in [0.29, 0.717) is 21.1 Å². The van der Waals surface area contributed by atoms with Crippen molar-refractivity contribution in [3.63, 3.8) is 0 Å². The Morgan fingerprint density at radius 1 is 1.27 bits per heavy atom. The number of hydrogen-bond donors (Lipinski definition) is 2. The maximum atomic E-state index is 12.6. The SMILES string of the molecule is O=C(Cc1nc2scc(-c3ccccc3Cl)c2c(=O)[nH]1)NC1CCCC1. The molecule has 0 unspecified atom stereocenters. The van der Waals surface area contributed by atoms with Gasteiger partial charge in [-0.05, 0) is 18.9 Å². The van der Waals surface area contributed by atoms with Gasteiger partial charge in [-0.15, -0.1) is 11.3 Å². The van der Waals surface area contributed by atoms with Crippen LogP contribution in [0.25, 0.3) is 21.3 Å². The van der Waals surface area contributed by atoms with Crippen molar-refractivity contribution in [1.82, 2.24) is 15.3 Å². The summed E-state index contributed by atoms with van der Waals surface area (Å²) in [5, 5.41) is 6.01. The second-order valence-electron chi connectivity index (χ2n) is 6.55. The summed E-state index contributed by atoms with van der Waals surface area (Å²) >= 11 is 7.65. The number of aromatic nitrogens is 2. The first-order valence-corrected chi connectivity index (χ1v) is 9.92. The monoisotopic (exact) mass is 387 g/mol. The fraction of sp³-hybridized carbons (Fsp3) is 0.316. The maximum absolute atomic E-state index is 12.6. The Labute approximate surface area is 159 Å². The molecular formula is C19H18ClN3O2S. The molecule has 1 fully saturated rings. The molecule has 134 valence electrons. The zero-order valence-electron chi connectivity index (χ0n) is 14.0. The zero-order chi connectivity index (χ0) is 18.1. The number of fused-ring (bicyclic) bond motifs is 1. The Bertz CT molecular complexity index is 1020. The van der Waals surface area contributed by atoms with E-state index < -0.39 is 0 Å². The molecular weight excluding hydrogens is 370 g/mol. The first-order chi connectivity index (χ1) is 12.6. The summed E-state index contributed by atoms with van der Waals surface area (Å²) in [6, 6.07) is 7.67. The van der Waals surface area contributed by atoms with Crippen molar-refractivity contribution in [2.24, 2.45) is 0 Å². The molecule has 1 aliphatic carbocycles. The third-order valence-corrected chi connectivity index (χ3v) is 5.91. The lowest BCUT2D eigenvalue weighted by molar-refractivity contribution is -0.121. The average molecular weight is 388 g/mol. The predicted molar refractivity (Wildman–Crippen MR) is 105 cm³/mol. The topological polar surface area (TPSA) is 74.8 Å². The second kappa shape index (κ2) is 7.21. The van der Waals surface area contributed by atoms with Crippen molar-refractivity contribution in [1.29, 1.82) is 0 Å². The predicted octanol–water partition coefficient (Wildman–Crippen LogP) is 3.91. The second-order valence-corrected chi connectivity index (χ2v) is 7.81. The average Bonchev–Trinajstić information content (AvgIpc) is 3.25. The van der Waals surface area contributed by atoms with Gasteiger partial charge in [0.15, 0.2) is 0 Å². The first-order valence-electron chi connectivity index (χ1n) is 8.66. The van der Waals surface area contributed by atoms with E-state index in [9.17, 15) is 9.59 Å². The summed E-state index contributed by atoms with van der Waals surface area (Å²) in [7, 11) is 0. The molecule has 0 aliphatic heterocycles. The van der Waals surface area contributed by atoms with Crippen LogP contribution >= 0.6 is 22.9 Å². The third-order valence-electron chi connectivity index (χ3n) is 4.71. The molecule has 2 N–H and O–H groups in total. The molecule has 3 aromatic rings. The number of carbonyl (C=O) groups excluding carboxylic acids is 1. The van der Waals surface area contributed by atoms with Crippen LogP contribution in [-0.2, 0) is 11.2 Å². The van der Waals surface area contributed by atoms with Crippen LogP contribution < -0.4 is 10.9 Å². The fourth-order valence-electron chi connectivity index (χ4n) is 3.46. The fourth-order valence-corrected chi connectivity index (χ4v) is 4.65. The first kappa shape index (κ1) is 17.2. The van der Waals surface area contributed by atoms with Crippen LogP contribution in [0.1, 0.15) is 31.5 Å². The van der Waals surface area contributed by atoms with Crippen LogP contribution in [0.5, 0.6) is 0 Å². The minimum Gasteiger partial charge on any atom is -0.353 e. The Morgan fingerprint density at radius 2 is 2.04 bits per heavy atom. The standard InChI is InChI=1S/C19H18ClN3O2S/c20-14-8-4-3-7-12(14)13-10-26-19-17(13)18(25)22-15(23-19)9-16(24)21-11-5-1-2-6-11/h3-4,7-8,10-11H,1-2,5-6,9H2,(H,21,24)(H,22,23,25). The normalized spacial score (nSPS) is 14.8. The van der Waals surface area contributed by atoms with E-state index in [1.165, 1.54) is 11.3 Å². The zero-order valence-corrected chi connectivity index (χ0v) is 15.6. The van der Waals surface area contributed by atoms with Crippen molar-refractivity contribution in [3.05, 3.63) is 50.8 Å². The number of H-pyrrole nitrogens is 1. The number of benzene rings is 1.